The molecule has 1 heterocycles. The number of imidazole rings is 1. The molecule has 4 heteroatoms. The molecule has 1 rings (SSSR count). The molecule has 0 radical (unpaired) electrons. The molecule has 0 aromatic carbocycles. The summed E-state index contributed by atoms with van der Waals surface area (Å²) in [6, 6.07) is 1.96. The van der Waals surface area contributed by atoms with Crippen LogP contribution >= 0.6 is 0 Å². The van der Waals surface area contributed by atoms with Crippen LogP contribution in [0.25, 0.3) is 0 Å². The second kappa shape index (κ2) is 3.58. The van der Waals surface area contributed by atoms with Crippen LogP contribution in [0.1, 0.15) is 17.6 Å². The van der Waals surface area contributed by atoms with E-state index in [1.807, 2.05) is 43.7 Å². The molecule has 0 bridgehead atoms. The van der Waals surface area contributed by atoms with Gasteiger partial charge in [0.25, 0.3) is 0 Å². The first-order chi connectivity index (χ1) is 6.06. The highest BCUT2D eigenvalue weighted by molar-refractivity contribution is 5.14. The van der Waals surface area contributed by atoms with Crippen LogP contribution in [0.3, 0.4) is 0 Å². The van der Waals surface area contributed by atoms with Crippen LogP contribution in [0.2, 0.25) is 0 Å². The van der Waals surface area contributed by atoms with E-state index in [0.717, 1.165) is 11.5 Å². The minimum atomic E-state index is -0.250. The van der Waals surface area contributed by atoms with Crippen LogP contribution in [-0.2, 0) is 7.05 Å². The molecular weight excluding hydrogens is 164 g/mol. The zero-order valence-electron chi connectivity index (χ0n) is 8.44. The van der Waals surface area contributed by atoms with Gasteiger partial charge in [-0.15, -0.1) is 0 Å². The first-order valence-electron chi connectivity index (χ1n) is 4.12. The molecule has 1 atom stereocenters. The fourth-order valence-electron chi connectivity index (χ4n) is 1.16. The summed E-state index contributed by atoms with van der Waals surface area (Å²) in [5.41, 5.74) is 0.813. The van der Waals surface area contributed by atoms with Gasteiger partial charge in [-0.1, -0.05) is 0 Å². The molecule has 0 saturated heterocycles. The standard InChI is InChI=1S/C9H14N4/c1-7-11-8(6-13(7)4)9(5-10)12(2)3/h6,9H,1-4H3. The number of aromatic nitrogens is 2. The first-order valence-corrected chi connectivity index (χ1v) is 4.12. The van der Waals surface area contributed by atoms with Gasteiger partial charge in [-0.05, 0) is 21.0 Å². The van der Waals surface area contributed by atoms with Crippen molar-refractivity contribution in [1.82, 2.24) is 14.5 Å². The maximum absolute atomic E-state index is 8.91. The molecule has 0 fully saturated rings. The SMILES string of the molecule is Cc1nc(C(C#N)N(C)C)cn1C. The number of rotatable bonds is 2. The predicted molar refractivity (Wildman–Crippen MR) is 50.0 cm³/mol. The lowest BCUT2D eigenvalue weighted by Gasteiger charge is -2.13. The molecule has 0 N–H and O–H groups in total. The maximum Gasteiger partial charge on any atom is 0.142 e. The number of nitrogens with zero attached hydrogens (tertiary/aromatic N) is 4. The molecule has 0 spiro atoms. The van der Waals surface area contributed by atoms with Crippen molar-refractivity contribution in [3.8, 4) is 6.07 Å². The molecule has 0 amide bonds. The average molecular weight is 178 g/mol. The Morgan fingerprint density at radius 2 is 2.23 bits per heavy atom. The van der Waals surface area contributed by atoms with Gasteiger partial charge in [-0.3, -0.25) is 4.90 Å². The quantitative estimate of drug-likeness (QED) is 0.674. The molecular formula is C9H14N4. The van der Waals surface area contributed by atoms with Crippen LogP contribution in [0.15, 0.2) is 6.20 Å². The van der Waals surface area contributed by atoms with E-state index in [1.54, 1.807) is 0 Å². The molecule has 1 aromatic heterocycles. The molecule has 0 aliphatic carbocycles. The third kappa shape index (κ3) is 1.87. The summed E-state index contributed by atoms with van der Waals surface area (Å²) >= 11 is 0. The van der Waals surface area contributed by atoms with E-state index >= 15 is 0 Å². The van der Waals surface area contributed by atoms with Gasteiger partial charge in [0.2, 0.25) is 0 Å². The Morgan fingerprint density at radius 1 is 1.62 bits per heavy atom. The molecule has 0 aliphatic heterocycles. The van der Waals surface area contributed by atoms with Gasteiger partial charge in [-0.25, -0.2) is 4.98 Å². The lowest BCUT2D eigenvalue weighted by molar-refractivity contribution is 0.353. The van der Waals surface area contributed by atoms with Crippen LogP contribution in [0.4, 0.5) is 0 Å². The summed E-state index contributed by atoms with van der Waals surface area (Å²) in [6.45, 7) is 1.92. The molecule has 1 unspecified atom stereocenters. The van der Waals surface area contributed by atoms with Gasteiger partial charge >= 0.3 is 0 Å². The molecule has 0 aliphatic rings. The smallest absolute Gasteiger partial charge is 0.142 e. The van der Waals surface area contributed by atoms with Gasteiger partial charge in [0, 0.05) is 13.2 Å². The second-order valence-electron chi connectivity index (χ2n) is 3.32. The highest BCUT2D eigenvalue weighted by Gasteiger charge is 2.16. The zero-order valence-corrected chi connectivity index (χ0v) is 8.44. The summed E-state index contributed by atoms with van der Waals surface area (Å²) in [4.78, 5) is 6.15. The Hall–Kier alpha value is -1.34. The van der Waals surface area contributed by atoms with Crippen molar-refractivity contribution in [3.05, 3.63) is 17.7 Å². The monoisotopic (exact) mass is 178 g/mol. The van der Waals surface area contributed by atoms with Crippen molar-refractivity contribution in [2.45, 2.75) is 13.0 Å². The number of aryl methyl sites for hydroxylation is 2. The van der Waals surface area contributed by atoms with Crippen molar-refractivity contribution in [3.63, 3.8) is 0 Å². The van der Waals surface area contributed by atoms with Gasteiger partial charge in [-0.2, -0.15) is 5.26 Å². The van der Waals surface area contributed by atoms with E-state index in [2.05, 4.69) is 11.1 Å². The van der Waals surface area contributed by atoms with Gasteiger partial charge in [0.1, 0.15) is 11.9 Å². The summed E-state index contributed by atoms with van der Waals surface area (Å²) in [7, 11) is 5.67. The number of nitriles is 1. The van der Waals surface area contributed by atoms with Crippen molar-refractivity contribution < 1.29 is 0 Å². The Balaban J connectivity index is 3.00. The fraction of sp³-hybridized carbons (Fsp3) is 0.556. The van der Waals surface area contributed by atoms with Gasteiger partial charge in [0.15, 0.2) is 0 Å². The number of hydrogen-bond donors (Lipinski definition) is 0. The van der Waals surface area contributed by atoms with Crippen molar-refractivity contribution in [1.29, 1.82) is 5.26 Å². The third-order valence-electron chi connectivity index (χ3n) is 2.05. The zero-order chi connectivity index (χ0) is 10.0. The van der Waals surface area contributed by atoms with E-state index in [-0.39, 0.29) is 6.04 Å². The lowest BCUT2D eigenvalue weighted by atomic mass is 10.2. The topological polar surface area (TPSA) is 44.9 Å². The normalized spacial score (nSPS) is 12.9. The highest BCUT2D eigenvalue weighted by Crippen LogP contribution is 2.15. The fourth-order valence-corrected chi connectivity index (χ4v) is 1.16. The van der Waals surface area contributed by atoms with Crippen LogP contribution in [0, 0.1) is 18.3 Å². The Bertz CT molecular complexity index is 312. The largest absolute Gasteiger partial charge is 0.338 e. The van der Waals surface area contributed by atoms with E-state index < -0.39 is 0 Å². The molecule has 1 aromatic rings. The maximum atomic E-state index is 8.91. The highest BCUT2D eigenvalue weighted by atomic mass is 15.1. The van der Waals surface area contributed by atoms with Crippen LogP contribution < -0.4 is 0 Å². The van der Waals surface area contributed by atoms with Gasteiger partial charge < -0.3 is 4.57 Å². The van der Waals surface area contributed by atoms with Crippen LogP contribution in [0.5, 0.6) is 0 Å². The number of hydrogen-bond acceptors (Lipinski definition) is 3. The summed E-state index contributed by atoms with van der Waals surface area (Å²) < 4.78 is 1.92. The second-order valence-corrected chi connectivity index (χ2v) is 3.32. The van der Waals surface area contributed by atoms with Crippen LogP contribution in [-0.4, -0.2) is 28.5 Å². The van der Waals surface area contributed by atoms with Crippen molar-refractivity contribution >= 4 is 0 Å². The average Bonchev–Trinajstić information content (AvgIpc) is 2.32. The predicted octanol–water partition coefficient (Wildman–Crippen LogP) is 0.855. The van der Waals surface area contributed by atoms with E-state index in [1.165, 1.54) is 0 Å². The summed E-state index contributed by atoms with van der Waals surface area (Å²) in [5, 5.41) is 8.91. The molecule has 0 saturated carbocycles. The van der Waals surface area contributed by atoms with E-state index in [0.29, 0.717) is 0 Å². The Kier molecular flexibility index (Phi) is 2.69. The first kappa shape index (κ1) is 9.75. The molecule has 13 heavy (non-hydrogen) atoms. The van der Waals surface area contributed by atoms with E-state index in [4.69, 9.17) is 5.26 Å². The van der Waals surface area contributed by atoms with E-state index in [9.17, 15) is 0 Å². The lowest BCUT2D eigenvalue weighted by Crippen LogP contribution is -2.18. The summed E-state index contributed by atoms with van der Waals surface area (Å²) in [6.07, 6.45) is 1.89. The Morgan fingerprint density at radius 3 is 2.54 bits per heavy atom. The molecule has 70 valence electrons. The van der Waals surface area contributed by atoms with Gasteiger partial charge in [0.05, 0.1) is 11.8 Å². The molecule has 4 nitrogen and oxygen atoms in total. The Labute approximate surface area is 78.4 Å². The third-order valence-corrected chi connectivity index (χ3v) is 2.05. The van der Waals surface area contributed by atoms with Crippen molar-refractivity contribution in [2.24, 2.45) is 7.05 Å². The minimum absolute atomic E-state index is 0.250. The summed E-state index contributed by atoms with van der Waals surface area (Å²) in [5.74, 6) is 0.928. The minimum Gasteiger partial charge on any atom is -0.338 e. The van der Waals surface area contributed by atoms with Crippen molar-refractivity contribution in [2.75, 3.05) is 14.1 Å².